The summed E-state index contributed by atoms with van der Waals surface area (Å²) in [4.78, 5) is 20.6. The highest BCUT2D eigenvalue weighted by Gasteiger charge is 2.00. The maximum atomic E-state index is 10.3. The van der Waals surface area contributed by atoms with Gasteiger partial charge in [-0.2, -0.15) is 0 Å². The van der Waals surface area contributed by atoms with Gasteiger partial charge in [0, 0.05) is 0 Å². The summed E-state index contributed by atoms with van der Waals surface area (Å²) in [5.41, 5.74) is 3.42. The Balaban J connectivity index is 0.000000231. The van der Waals surface area contributed by atoms with Crippen LogP contribution in [0.15, 0.2) is 48.5 Å². The fraction of sp³-hybridized carbons (Fsp3) is 0.222. The van der Waals surface area contributed by atoms with E-state index in [1.165, 1.54) is 0 Å². The zero-order valence-corrected chi connectivity index (χ0v) is 12.9. The second-order valence-electron chi connectivity index (χ2n) is 5.11. The summed E-state index contributed by atoms with van der Waals surface area (Å²) in [6.07, 6.45) is 0.121. The molecule has 2 rings (SSSR count). The molecule has 3 N–H and O–H groups in total. The molecule has 0 atom stereocenters. The molecule has 0 fully saturated rings. The van der Waals surface area contributed by atoms with Gasteiger partial charge < -0.3 is 15.3 Å². The summed E-state index contributed by atoms with van der Waals surface area (Å²) >= 11 is 0. The summed E-state index contributed by atoms with van der Waals surface area (Å²) in [7, 11) is 0. The van der Waals surface area contributed by atoms with Gasteiger partial charge in [-0.3, -0.25) is 9.59 Å². The quantitative estimate of drug-likeness (QED) is 0.787. The molecule has 0 saturated carbocycles. The van der Waals surface area contributed by atoms with E-state index in [0.717, 1.165) is 16.7 Å². The Hall–Kier alpha value is -2.66. The SMILES string of the molecule is Cc1cccc(CC(=O)O)c1.O=C(O)Cc1cccc(CO)c1. The third-order valence-electron chi connectivity index (χ3n) is 2.97. The van der Waals surface area contributed by atoms with Crippen molar-refractivity contribution < 1.29 is 24.9 Å². The van der Waals surface area contributed by atoms with E-state index in [2.05, 4.69) is 0 Å². The summed E-state index contributed by atoms with van der Waals surface area (Å²) in [5.74, 6) is -1.64. The summed E-state index contributed by atoms with van der Waals surface area (Å²) in [5, 5.41) is 25.7. The van der Waals surface area contributed by atoms with Crippen LogP contribution in [0.4, 0.5) is 0 Å². The van der Waals surface area contributed by atoms with Gasteiger partial charge >= 0.3 is 11.9 Å². The lowest BCUT2D eigenvalue weighted by Crippen LogP contribution is -2.00. The van der Waals surface area contributed by atoms with E-state index >= 15 is 0 Å². The minimum Gasteiger partial charge on any atom is -0.481 e. The lowest BCUT2D eigenvalue weighted by Gasteiger charge is -1.99. The van der Waals surface area contributed by atoms with Crippen molar-refractivity contribution >= 4 is 11.9 Å². The van der Waals surface area contributed by atoms with Gasteiger partial charge in [0.2, 0.25) is 0 Å². The zero-order chi connectivity index (χ0) is 17.2. The van der Waals surface area contributed by atoms with Gasteiger partial charge in [0.15, 0.2) is 0 Å². The van der Waals surface area contributed by atoms with E-state index in [-0.39, 0.29) is 19.4 Å². The smallest absolute Gasteiger partial charge is 0.307 e. The normalized spacial score (nSPS) is 9.65. The van der Waals surface area contributed by atoms with Crippen LogP contribution < -0.4 is 0 Å². The number of aliphatic carboxylic acids is 2. The number of aliphatic hydroxyl groups is 1. The molecule has 2 aromatic rings. The monoisotopic (exact) mass is 316 g/mol. The van der Waals surface area contributed by atoms with Crippen molar-refractivity contribution in [3.05, 3.63) is 70.8 Å². The van der Waals surface area contributed by atoms with Crippen molar-refractivity contribution in [2.45, 2.75) is 26.4 Å². The maximum Gasteiger partial charge on any atom is 0.307 e. The van der Waals surface area contributed by atoms with Crippen LogP contribution in [-0.4, -0.2) is 27.3 Å². The van der Waals surface area contributed by atoms with Crippen LogP contribution in [0.5, 0.6) is 0 Å². The van der Waals surface area contributed by atoms with Crippen molar-refractivity contribution in [2.24, 2.45) is 0 Å². The number of aliphatic hydroxyl groups excluding tert-OH is 1. The van der Waals surface area contributed by atoms with E-state index < -0.39 is 11.9 Å². The Bertz CT molecular complexity index is 664. The van der Waals surface area contributed by atoms with Crippen LogP contribution in [-0.2, 0) is 29.0 Å². The number of carboxylic acid groups (broad SMARTS) is 2. The Morgan fingerprint density at radius 2 is 1.30 bits per heavy atom. The minimum absolute atomic E-state index is 0.00778. The Labute approximate surface area is 134 Å². The molecular weight excluding hydrogens is 296 g/mol. The van der Waals surface area contributed by atoms with Crippen LogP contribution in [0, 0.1) is 6.92 Å². The molecule has 0 heterocycles. The maximum absolute atomic E-state index is 10.3. The third kappa shape index (κ3) is 7.78. The molecule has 0 radical (unpaired) electrons. The lowest BCUT2D eigenvalue weighted by molar-refractivity contribution is -0.137. The number of hydrogen-bond donors (Lipinski definition) is 3. The Morgan fingerprint density at radius 3 is 1.78 bits per heavy atom. The van der Waals surface area contributed by atoms with Gasteiger partial charge in [0.25, 0.3) is 0 Å². The number of benzene rings is 2. The lowest BCUT2D eigenvalue weighted by atomic mass is 10.1. The van der Waals surface area contributed by atoms with Crippen LogP contribution in [0.25, 0.3) is 0 Å². The predicted molar refractivity (Wildman–Crippen MR) is 86.2 cm³/mol. The molecule has 0 unspecified atom stereocenters. The molecule has 0 amide bonds. The molecule has 0 aliphatic heterocycles. The first kappa shape index (κ1) is 18.4. The number of carbonyl (C=O) groups is 2. The van der Waals surface area contributed by atoms with Crippen molar-refractivity contribution in [3.8, 4) is 0 Å². The topological polar surface area (TPSA) is 94.8 Å². The van der Waals surface area contributed by atoms with Gasteiger partial charge in [-0.05, 0) is 23.6 Å². The van der Waals surface area contributed by atoms with E-state index in [1.807, 2.05) is 31.2 Å². The van der Waals surface area contributed by atoms with Gasteiger partial charge in [-0.15, -0.1) is 0 Å². The molecule has 5 heteroatoms. The van der Waals surface area contributed by atoms with Crippen molar-refractivity contribution in [1.29, 1.82) is 0 Å². The Morgan fingerprint density at radius 1 is 0.826 bits per heavy atom. The summed E-state index contributed by atoms with van der Waals surface area (Å²) in [6.45, 7) is 1.90. The largest absolute Gasteiger partial charge is 0.481 e. The molecule has 0 aliphatic rings. The van der Waals surface area contributed by atoms with E-state index in [0.29, 0.717) is 5.56 Å². The fourth-order valence-corrected chi connectivity index (χ4v) is 2.01. The fourth-order valence-electron chi connectivity index (χ4n) is 2.01. The van der Waals surface area contributed by atoms with E-state index in [9.17, 15) is 9.59 Å². The van der Waals surface area contributed by atoms with Crippen molar-refractivity contribution in [3.63, 3.8) is 0 Å². The first-order valence-electron chi connectivity index (χ1n) is 7.08. The second-order valence-corrected chi connectivity index (χ2v) is 5.11. The van der Waals surface area contributed by atoms with Crippen molar-refractivity contribution in [2.75, 3.05) is 0 Å². The number of hydrogen-bond acceptors (Lipinski definition) is 3. The molecule has 0 aromatic heterocycles. The van der Waals surface area contributed by atoms with Crippen LogP contribution in [0.3, 0.4) is 0 Å². The molecular formula is C18H20O5. The summed E-state index contributed by atoms with van der Waals surface area (Å²) in [6, 6.07) is 14.4. The summed E-state index contributed by atoms with van der Waals surface area (Å²) < 4.78 is 0. The molecule has 0 saturated heterocycles. The minimum atomic E-state index is -0.856. The molecule has 23 heavy (non-hydrogen) atoms. The standard InChI is InChI=1S/C9H10O3.C9H10O2/c10-6-8-3-1-2-7(4-8)5-9(11)12;1-7-3-2-4-8(5-7)6-9(10)11/h1-4,10H,5-6H2,(H,11,12);2-5H,6H2,1H3,(H,10,11). The molecule has 2 aromatic carbocycles. The predicted octanol–water partition coefficient (Wildman–Crippen LogP) is 2.43. The molecule has 0 spiro atoms. The highest BCUT2D eigenvalue weighted by Crippen LogP contribution is 2.05. The average molecular weight is 316 g/mol. The van der Waals surface area contributed by atoms with Crippen molar-refractivity contribution in [1.82, 2.24) is 0 Å². The van der Waals surface area contributed by atoms with E-state index in [1.54, 1.807) is 24.3 Å². The first-order chi connectivity index (χ1) is 10.9. The number of aryl methyl sites for hydroxylation is 1. The molecule has 0 bridgehead atoms. The Kier molecular flexibility index (Phi) is 7.50. The van der Waals surface area contributed by atoms with Gasteiger partial charge in [0.1, 0.15) is 0 Å². The van der Waals surface area contributed by atoms with Crippen LogP contribution in [0.2, 0.25) is 0 Å². The van der Waals surface area contributed by atoms with Crippen LogP contribution in [0.1, 0.15) is 22.3 Å². The van der Waals surface area contributed by atoms with Gasteiger partial charge in [-0.1, -0.05) is 54.1 Å². The van der Waals surface area contributed by atoms with Gasteiger partial charge in [-0.25, -0.2) is 0 Å². The highest BCUT2D eigenvalue weighted by atomic mass is 16.4. The second kappa shape index (κ2) is 9.38. The molecule has 0 aliphatic carbocycles. The first-order valence-corrected chi connectivity index (χ1v) is 7.08. The number of rotatable bonds is 5. The highest BCUT2D eigenvalue weighted by molar-refractivity contribution is 5.70. The number of carboxylic acids is 2. The average Bonchev–Trinajstić information content (AvgIpc) is 2.47. The van der Waals surface area contributed by atoms with Crippen LogP contribution >= 0.6 is 0 Å². The molecule has 5 nitrogen and oxygen atoms in total. The third-order valence-corrected chi connectivity index (χ3v) is 2.97. The van der Waals surface area contributed by atoms with E-state index in [4.69, 9.17) is 15.3 Å². The van der Waals surface area contributed by atoms with Gasteiger partial charge in [0.05, 0.1) is 19.4 Å². The zero-order valence-electron chi connectivity index (χ0n) is 12.9. The molecule has 122 valence electrons.